The molecule has 19 heavy (non-hydrogen) atoms. The van der Waals surface area contributed by atoms with Crippen LogP contribution >= 0.6 is 11.6 Å². The van der Waals surface area contributed by atoms with Gasteiger partial charge in [0.2, 0.25) is 0 Å². The number of anilines is 1. The van der Waals surface area contributed by atoms with Crippen LogP contribution in [0, 0.1) is 5.82 Å². The third-order valence-electron chi connectivity index (χ3n) is 3.28. The van der Waals surface area contributed by atoms with Gasteiger partial charge in [-0.05, 0) is 24.6 Å². The predicted molar refractivity (Wildman–Crippen MR) is 82.5 cm³/mol. The van der Waals surface area contributed by atoms with Gasteiger partial charge in [-0.15, -0.1) is 0 Å². The predicted octanol–water partition coefficient (Wildman–Crippen LogP) is 6.03. The van der Waals surface area contributed by atoms with Gasteiger partial charge in [-0.2, -0.15) is 0 Å². The second kappa shape index (κ2) is 10.1. The number of hydrogen-bond acceptors (Lipinski definition) is 1. The second-order valence-electron chi connectivity index (χ2n) is 5.03. The maximum atomic E-state index is 13.5. The Morgan fingerprint density at radius 3 is 2.26 bits per heavy atom. The molecular weight excluding hydrogens is 261 g/mol. The first-order valence-corrected chi connectivity index (χ1v) is 7.80. The third kappa shape index (κ3) is 7.41. The average Bonchev–Trinajstić information content (AvgIpc) is 2.39. The van der Waals surface area contributed by atoms with Crippen molar-refractivity contribution in [3.63, 3.8) is 0 Å². The average molecular weight is 286 g/mol. The molecule has 0 aromatic heterocycles. The summed E-state index contributed by atoms with van der Waals surface area (Å²) in [5, 5.41) is 3.56. The van der Waals surface area contributed by atoms with E-state index < -0.39 is 0 Å². The van der Waals surface area contributed by atoms with Crippen molar-refractivity contribution in [2.24, 2.45) is 0 Å². The van der Waals surface area contributed by atoms with Gasteiger partial charge in [0.1, 0.15) is 5.82 Å². The molecule has 0 spiro atoms. The molecule has 108 valence electrons. The molecule has 3 heteroatoms. The van der Waals surface area contributed by atoms with E-state index in [1.807, 2.05) is 0 Å². The Bertz CT molecular complexity index is 355. The van der Waals surface area contributed by atoms with Crippen LogP contribution < -0.4 is 5.32 Å². The number of halogens is 2. The highest BCUT2D eigenvalue weighted by Gasteiger charge is 2.01. The zero-order valence-corrected chi connectivity index (χ0v) is 12.6. The molecule has 0 fully saturated rings. The van der Waals surface area contributed by atoms with E-state index in [2.05, 4.69) is 12.2 Å². The van der Waals surface area contributed by atoms with Crippen molar-refractivity contribution in [3.05, 3.63) is 29.0 Å². The molecular formula is C16H25ClFN. The topological polar surface area (TPSA) is 12.0 Å². The first kappa shape index (κ1) is 16.3. The number of benzene rings is 1. The van der Waals surface area contributed by atoms with Crippen LogP contribution in [0.1, 0.15) is 58.3 Å². The van der Waals surface area contributed by atoms with Gasteiger partial charge in [-0.25, -0.2) is 4.39 Å². The van der Waals surface area contributed by atoms with Crippen LogP contribution in [0.5, 0.6) is 0 Å². The number of nitrogens with one attached hydrogen (secondary N) is 1. The van der Waals surface area contributed by atoms with E-state index in [-0.39, 0.29) is 5.82 Å². The quantitative estimate of drug-likeness (QED) is 0.517. The zero-order valence-electron chi connectivity index (χ0n) is 11.9. The summed E-state index contributed by atoms with van der Waals surface area (Å²) in [7, 11) is 0. The number of rotatable bonds is 10. The summed E-state index contributed by atoms with van der Waals surface area (Å²) >= 11 is 5.70. The van der Waals surface area contributed by atoms with Crippen molar-refractivity contribution in [2.75, 3.05) is 11.9 Å². The SMILES string of the molecule is CCCCCCCCCCNc1ccc(Cl)cc1F. The Morgan fingerprint density at radius 2 is 1.63 bits per heavy atom. The molecule has 0 radical (unpaired) electrons. The molecule has 0 bridgehead atoms. The molecule has 0 saturated heterocycles. The lowest BCUT2D eigenvalue weighted by molar-refractivity contribution is 0.580. The Balaban J connectivity index is 2.01. The van der Waals surface area contributed by atoms with E-state index in [9.17, 15) is 4.39 Å². The molecule has 0 unspecified atom stereocenters. The summed E-state index contributed by atoms with van der Waals surface area (Å²) in [5.41, 5.74) is 0.548. The van der Waals surface area contributed by atoms with E-state index in [1.165, 1.54) is 51.0 Å². The Hall–Kier alpha value is -0.760. The van der Waals surface area contributed by atoms with Crippen LogP contribution in [-0.2, 0) is 0 Å². The smallest absolute Gasteiger partial charge is 0.147 e. The van der Waals surface area contributed by atoms with Gasteiger partial charge in [0, 0.05) is 11.6 Å². The summed E-state index contributed by atoms with van der Waals surface area (Å²) in [4.78, 5) is 0. The molecule has 1 aromatic rings. The lowest BCUT2D eigenvalue weighted by Crippen LogP contribution is -2.03. The van der Waals surface area contributed by atoms with Crippen molar-refractivity contribution in [1.29, 1.82) is 0 Å². The summed E-state index contributed by atoms with van der Waals surface area (Å²) < 4.78 is 13.5. The normalized spacial score (nSPS) is 10.7. The van der Waals surface area contributed by atoms with E-state index in [0.29, 0.717) is 10.7 Å². The van der Waals surface area contributed by atoms with Gasteiger partial charge in [-0.1, -0.05) is 63.5 Å². The van der Waals surface area contributed by atoms with Crippen molar-refractivity contribution < 1.29 is 4.39 Å². The van der Waals surface area contributed by atoms with Gasteiger partial charge in [0.15, 0.2) is 0 Å². The lowest BCUT2D eigenvalue weighted by Gasteiger charge is -2.07. The highest BCUT2D eigenvalue weighted by molar-refractivity contribution is 6.30. The van der Waals surface area contributed by atoms with Gasteiger partial charge in [0.05, 0.1) is 5.69 Å². The summed E-state index contributed by atoms with van der Waals surface area (Å²) in [6, 6.07) is 4.75. The molecule has 0 aliphatic heterocycles. The summed E-state index contributed by atoms with van der Waals surface area (Å²) in [6.07, 6.45) is 10.3. The molecule has 0 amide bonds. The molecule has 1 N–H and O–H groups in total. The van der Waals surface area contributed by atoms with Crippen LogP contribution in [-0.4, -0.2) is 6.54 Å². The van der Waals surface area contributed by atoms with Crippen molar-refractivity contribution >= 4 is 17.3 Å². The van der Waals surface area contributed by atoms with Crippen LogP contribution in [0.4, 0.5) is 10.1 Å². The molecule has 0 atom stereocenters. The molecule has 1 aromatic carbocycles. The van der Waals surface area contributed by atoms with Crippen LogP contribution in [0.2, 0.25) is 5.02 Å². The fourth-order valence-corrected chi connectivity index (χ4v) is 2.27. The Labute approximate surface area is 121 Å². The molecule has 0 saturated carbocycles. The number of unbranched alkanes of at least 4 members (excludes halogenated alkanes) is 7. The van der Waals surface area contributed by atoms with E-state index in [1.54, 1.807) is 12.1 Å². The summed E-state index contributed by atoms with van der Waals surface area (Å²) in [6.45, 7) is 3.06. The van der Waals surface area contributed by atoms with Gasteiger partial charge < -0.3 is 5.32 Å². The van der Waals surface area contributed by atoms with Crippen molar-refractivity contribution in [1.82, 2.24) is 0 Å². The second-order valence-corrected chi connectivity index (χ2v) is 5.46. The minimum atomic E-state index is -0.271. The monoisotopic (exact) mass is 285 g/mol. The van der Waals surface area contributed by atoms with Gasteiger partial charge in [0.25, 0.3) is 0 Å². The minimum absolute atomic E-state index is 0.271. The zero-order chi connectivity index (χ0) is 13.9. The lowest BCUT2D eigenvalue weighted by atomic mass is 10.1. The van der Waals surface area contributed by atoms with E-state index in [0.717, 1.165) is 13.0 Å². The maximum Gasteiger partial charge on any atom is 0.147 e. The molecule has 1 rings (SSSR count). The first-order chi connectivity index (χ1) is 9.24. The van der Waals surface area contributed by atoms with E-state index >= 15 is 0 Å². The third-order valence-corrected chi connectivity index (χ3v) is 3.51. The molecule has 0 aliphatic carbocycles. The van der Waals surface area contributed by atoms with Gasteiger partial charge in [-0.3, -0.25) is 0 Å². The highest BCUT2D eigenvalue weighted by atomic mass is 35.5. The van der Waals surface area contributed by atoms with Gasteiger partial charge >= 0.3 is 0 Å². The minimum Gasteiger partial charge on any atom is -0.383 e. The molecule has 1 nitrogen and oxygen atoms in total. The fourth-order valence-electron chi connectivity index (χ4n) is 2.11. The number of hydrogen-bond donors (Lipinski definition) is 1. The Kier molecular flexibility index (Phi) is 8.64. The highest BCUT2D eigenvalue weighted by Crippen LogP contribution is 2.19. The molecule has 0 heterocycles. The largest absolute Gasteiger partial charge is 0.383 e. The summed E-state index contributed by atoms with van der Waals surface area (Å²) in [5.74, 6) is -0.271. The van der Waals surface area contributed by atoms with Crippen LogP contribution in [0.15, 0.2) is 18.2 Å². The maximum absolute atomic E-state index is 13.5. The van der Waals surface area contributed by atoms with Crippen molar-refractivity contribution in [3.8, 4) is 0 Å². The fraction of sp³-hybridized carbons (Fsp3) is 0.625. The van der Waals surface area contributed by atoms with Crippen LogP contribution in [0.25, 0.3) is 0 Å². The first-order valence-electron chi connectivity index (χ1n) is 7.43. The Morgan fingerprint density at radius 1 is 1.00 bits per heavy atom. The molecule has 0 aliphatic rings. The van der Waals surface area contributed by atoms with E-state index in [4.69, 9.17) is 11.6 Å². The van der Waals surface area contributed by atoms with Crippen molar-refractivity contribution in [2.45, 2.75) is 58.3 Å². The van der Waals surface area contributed by atoms with Crippen LogP contribution in [0.3, 0.4) is 0 Å². The standard InChI is InChI=1S/C16H25ClFN/c1-2-3-4-5-6-7-8-9-12-19-16-11-10-14(17)13-15(16)18/h10-11,13,19H,2-9,12H2,1H3.